The van der Waals surface area contributed by atoms with E-state index in [9.17, 15) is 0 Å². The van der Waals surface area contributed by atoms with Crippen LogP contribution in [0, 0.1) is 6.92 Å². The summed E-state index contributed by atoms with van der Waals surface area (Å²) in [7, 11) is 1.66. The molecule has 1 aromatic carbocycles. The second kappa shape index (κ2) is 6.07. The Morgan fingerprint density at radius 3 is 2.64 bits per heavy atom. The number of nitrogens with zero attached hydrogens (tertiary/aromatic N) is 2. The average Bonchev–Trinajstić information content (AvgIpc) is 2.85. The number of benzene rings is 1. The van der Waals surface area contributed by atoms with E-state index in [0.717, 1.165) is 32.0 Å². The fourth-order valence-electron chi connectivity index (χ4n) is 2.37. The largest absolute Gasteiger partial charge is 0.497 e. The van der Waals surface area contributed by atoms with Crippen molar-refractivity contribution in [2.45, 2.75) is 13.3 Å². The highest BCUT2D eigenvalue weighted by molar-refractivity contribution is 7.22. The van der Waals surface area contributed by atoms with E-state index in [2.05, 4.69) is 23.5 Å². The molecule has 0 aliphatic carbocycles. The molecule has 0 radical (unpaired) electrons. The van der Waals surface area contributed by atoms with Gasteiger partial charge in [0.2, 0.25) is 0 Å². The van der Waals surface area contributed by atoms with Crippen LogP contribution in [0.3, 0.4) is 0 Å². The smallest absolute Gasteiger partial charge is 0.141 e. The molecule has 0 unspecified atom stereocenters. The molecule has 0 aliphatic heterocycles. The first-order valence-electron chi connectivity index (χ1n) is 6.85. The van der Waals surface area contributed by atoms with E-state index in [1.165, 1.54) is 0 Å². The van der Waals surface area contributed by atoms with Gasteiger partial charge in [-0.15, -0.1) is 17.9 Å². The predicted octanol–water partition coefficient (Wildman–Crippen LogP) is 5.06. The van der Waals surface area contributed by atoms with Crippen molar-refractivity contribution < 1.29 is 4.74 Å². The minimum Gasteiger partial charge on any atom is -0.497 e. The first kappa shape index (κ1) is 15.0. The molecule has 2 heterocycles. The molecule has 112 valence electrons. The van der Waals surface area contributed by atoms with Crippen LogP contribution >= 0.6 is 22.9 Å². The molecule has 3 aromatic rings. The molecular formula is C17H15ClN2OS. The maximum Gasteiger partial charge on any atom is 0.141 e. The fraction of sp³-hybridized carbons (Fsp3) is 0.176. The minimum absolute atomic E-state index is 0.510. The Morgan fingerprint density at radius 2 is 2.00 bits per heavy atom. The average molecular weight is 331 g/mol. The van der Waals surface area contributed by atoms with Gasteiger partial charge in [-0.2, -0.15) is 0 Å². The Kier molecular flexibility index (Phi) is 4.14. The molecule has 0 saturated heterocycles. The summed E-state index contributed by atoms with van der Waals surface area (Å²) in [5.74, 6) is 1.55. The lowest BCUT2D eigenvalue weighted by Gasteiger charge is -2.02. The normalized spacial score (nSPS) is 10.9. The Bertz CT molecular complexity index is 840. The number of hydrogen-bond donors (Lipinski definition) is 0. The molecule has 0 saturated carbocycles. The third kappa shape index (κ3) is 2.60. The Hall–Kier alpha value is -1.91. The summed E-state index contributed by atoms with van der Waals surface area (Å²) in [6.45, 7) is 5.78. The lowest BCUT2D eigenvalue weighted by atomic mass is 10.1. The minimum atomic E-state index is 0.510. The van der Waals surface area contributed by atoms with Crippen molar-refractivity contribution in [2.75, 3.05) is 7.11 Å². The molecule has 0 atom stereocenters. The van der Waals surface area contributed by atoms with E-state index in [1.807, 2.05) is 24.3 Å². The van der Waals surface area contributed by atoms with Crippen LogP contribution in [-0.2, 0) is 6.42 Å². The van der Waals surface area contributed by atoms with Crippen molar-refractivity contribution >= 4 is 33.2 Å². The molecule has 0 aliphatic rings. The van der Waals surface area contributed by atoms with E-state index in [1.54, 1.807) is 24.5 Å². The quantitative estimate of drug-likeness (QED) is 0.495. The van der Waals surface area contributed by atoms with Crippen molar-refractivity contribution in [3.63, 3.8) is 0 Å². The van der Waals surface area contributed by atoms with Crippen LogP contribution in [0.4, 0.5) is 0 Å². The number of allylic oxidation sites excluding steroid dienone is 1. The second-order valence-corrected chi connectivity index (χ2v) is 6.25. The molecule has 0 amide bonds. The summed E-state index contributed by atoms with van der Waals surface area (Å²) >= 11 is 7.99. The monoisotopic (exact) mass is 330 g/mol. The van der Waals surface area contributed by atoms with E-state index in [-0.39, 0.29) is 0 Å². The van der Waals surface area contributed by atoms with Gasteiger partial charge in [0.15, 0.2) is 0 Å². The first-order valence-corrected chi connectivity index (χ1v) is 8.04. The number of aryl methyl sites for hydroxylation is 1. The van der Waals surface area contributed by atoms with Gasteiger partial charge in [0, 0.05) is 11.3 Å². The van der Waals surface area contributed by atoms with Gasteiger partial charge in [0.05, 0.1) is 12.5 Å². The third-order valence-corrected chi connectivity index (χ3v) is 4.98. The second-order valence-electron chi connectivity index (χ2n) is 4.89. The van der Waals surface area contributed by atoms with Crippen molar-refractivity contribution in [2.24, 2.45) is 0 Å². The first-order chi connectivity index (χ1) is 10.6. The van der Waals surface area contributed by atoms with Crippen LogP contribution in [0.1, 0.15) is 11.4 Å². The molecule has 0 spiro atoms. The van der Waals surface area contributed by atoms with Crippen LogP contribution in [0.15, 0.2) is 36.9 Å². The zero-order valence-electron chi connectivity index (χ0n) is 12.4. The molecule has 3 rings (SSSR count). The molecular weight excluding hydrogens is 316 g/mol. The molecule has 0 N–H and O–H groups in total. The molecule has 22 heavy (non-hydrogen) atoms. The van der Waals surface area contributed by atoms with Gasteiger partial charge in [0.1, 0.15) is 21.6 Å². The highest BCUT2D eigenvalue weighted by atomic mass is 35.5. The number of thiophene rings is 1. The van der Waals surface area contributed by atoms with Crippen LogP contribution in [0.5, 0.6) is 5.75 Å². The van der Waals surface area contributed by atoms with Crippen molar-refractivity contribution in [1.29, 1.82) is 0 Å². The summed E-state index contributed by atoms with van der Waals surface area (Å²) < 4.78 is 5.21. The number of hydrogen-bond acceptors (Lipinski definition) is 4. The van der Waals surface area contributed by atoms with Crippen molar-refractivity contribution in [3.05, 3.63) is 53.5 Å². The van der Waals surface area contributed by atoms with Crippen LogP contribution in [-0.4, -0.2) is 17.1 Å². The zero-order valence-corrected chi connectivity index (χ0v) is 14.0. The summed E-state index contributed by atoms with van der Waals surface area (Å²) in [5, 5.41) is 1.45. The number of ether oxygens (including phenoxy) is 1. The van der Waals surface area contributed by atoms with Crippen molar-refractivity contribution in [1.82, 2.24) is 9.97 Å². The Morgan fingerprint density at radius 1 is 1.27 bits per heavy atom. The summed E-state index contributed by atoms with van der Waals surface area (Å²) in [6.07, 6.45) is 2.40. The van der Waals surface area contributed by atoms with E-state index in [4.69, 9.17) is 16.3 Å². The van der Waals surface area contributed by atoms with Gasteiger partial charge in [0.25, 0.3) is 0 Å². The molecule has 0 bridgehead atoms. The Labute approximate surface area is 138 Å². The van der Waals surface area contributed by atoms with Gasteiger partial charge in [-0.25, -0.2) is 9.97 Å². The number of halogens is 1. The molecule has 0 fully saturated rings. The van der Waals surface area contributed by atoms with Gasteiger partial charge in [-0.3, -0.25) is 0 Å². The SMILES string of the molecule is C=CCc1nc(Cl)c2c(C)c(-c3ccc(OC)cc3)sc2n1. The summed E-state index contributed by atoms with van der Waals surface area (Å²) in [4.78, 5) is 11.0. The van der Waals surface area contributed by atoms with Gasteiger partial charge >= 0.3 is 0 Å². The lowest BCUT2D eigenvalue weighted by molar-refractivity contribution is 0.415. The summed E-state index contributed by atoms with van der Waals surface area (Å²) in [6, 6.07) is 8.00. The fourth-order valence-corrected chi connectivity index (χ4v) is 3.96. The van der Waals surface area contributed by atoms with Gasteiger partial charge < -0.3 is 4.74 Å². The highest BCUT2D eigenvalue weighted by Gasteiger charge is 2.16. The number of aromatic nitrogens is 2. The number of methoxy groups -OCH3 is 1. The van der Waals surface area contributed by atoms with E-state index < -0.39 is 0 Å². The summed E-state index contributed by atoms with van der Waals surface area (Å²) in [5.41, 5.74) is 2.24. The third-order valence-electron chi connectivity index (χ3n) is 3.47. The number of fused-ring (bicyclic) bond motifs is 1. The molecule has 3 nitrogen and oxygen atoms in total. The van der Waals surface area contributed by atoms with Crippen LogP contribution < -0.4 is 4.74 Å². The van der Waals surface area contributed by atoms with Crippen molar-refractivity contribution in [3.8, 4) is 16.2 Å². The zero-order chi connectivity index (χ0) is 15.7. The standard InChI is InChI=1S/C17H15ClN2OS/c1-4-5-13-19-16(18)14-10(2)15(22-17(14)20-13)11-6-8-12(21-3)9-7-11/h4,6-9H,1,5H2,2-3H3. The maximum absolute atomic E-state index is 6.35. The van der Waals surface area contributed by atoms with E-state index >= 15 is 0 Å². The predicted molar refractivity (Wildman–Crippen MR) is 93.1 cm³/mol. The Balaban J connectivity index is 2.15. The van der Waals surface area contributed by atoms with Crippen LogP contribution in [0.2, 0.25) is 5.15 Å². The molecule has 5 heteroatoms. The van der Waals surface area contributed by atoms with Gasteiger partial charge in [-0.05, 0) is 42.3 Å². The topological polar surface area (TPSA) is 35.0 Å². The van der Waals surface area contributed by atoms with Gasteiger partial charge in [-0.1, -0.05) is 17.7 Å². The molecule has 2 aromatic heterocycles. The van der Waals surface area contributed by atoms with Crippen LogP contribution in [0.25, 0.3) is 20.7 Å². The highest BCUT2D eigenvalue weighted by Crippen LogP contribution is 2.40. The lowest BCUT2D eigenvalue weighted by Crippen LogP contribution is -1.93. The number of rotatable bonds is 4. The maximum atomic E-state index is 6.35. The van der Waals surface area contributed by atoms with E-state index in [0.29, 0.717) is 17.4 Å².